The third-order valence-electron chi connectivity index (χ3n) is 13.9. The number of hydrogen-bond donors (Lipinski definition) is 0. The first-order valence-corrected chi connectivity index (χ1v) is 28.2. The molecule has 1 unspecified atom stereocenters. The van der Waals surface area contributed by atoms with Gasteiger partial charge in [-0.2, -0.15) is 0 Å². The zero-order valence-corrected chi connectivity index (χ0v) is 34.0. The van der Waals surface area contributed by atoms with E-state index in [4.69, 9.17) is 14.2 Å². The number of hydrogen-bond acceptors (Lipinski definition) is 4. The SMILES string of the molecule is C=C([CH2][Sn]([CH2]CCC)([CH2]CCC)[CH2]CCC)C(=O)O[C@H]1CC[C@H]2[C@@H]3CCC4CC5(CC[C@]4(C)[C@H]3CC[C@]12C)OCC(I)CO5. The number of alkyl halides is 1. The number of carbonyl (C=O) groups is 1. The first kappa shape index (κ1) is 36.0. The van der Waals surface area contributed by atoms with Crippen LogP contribution in [0.25, 0.3) is 0 Å². The largest absolute Gasteiger partial charge is 0.349 e. The molecule has 0 bridgehead atoms. The molecule has 1 saturated heterocycles. The Labute approximate surface area is 288 Å². The van der Waals surface area contributed by atoms with E-state index in [1.165, 1.54) is 90.4 Å². The maximum Gasteiger partial charge on any atom is 0.0641 e. The molecule has 0 aromatic carbocycles. The fraction of sp³-hybridized carbons (Fsp3) is 0.921. The number of carbonyl (C=O) groups excluding carboxylic acids is 1. The molecule has 252 valence electrons. The molecule has 5 rings (SSSR count). The van der Waals surface area contributed by atoms with E-state index in [9.17, 15) is 4.79 Å². The molecule has 4 aliphatic carbocycles. The molecule has 7 atom stereocenters. The van der Waals surface area contributed by atoms with Gasteiger partial charge in [-0.05, 0) is 0 Å². The fourth-order valence-corrected chi connectivity index (χ4v) is 27.7. The van der Waals surface area contributed by atoms with Crippen molar-refractivity contribution < 1.29 is 19.0 Å². The maximum absolute atomic E-state index is 13.8. The summed E-state index contributed by atoms with van der Waals surface area (Å²) in [4.78, 5) is 13.8. The predicted molar refractivity (Wildman–Crippen MR) is 193 cm³/mol. The van der Waals surface area contributed by atoms with E-state index in [1.807, 2.05) is 0 Å². The van der Waals surface area contributed by atoms with Gasteiger partial charge in [0.25, 0.3) is 0 Å². The first-order valence-electron chi connectivity index (χ1n) is 18.8. The minimum absolute atomic E-state index is 0.0426. The summed E-state index contributed by atoms with van der Waals surface area (Å²) in [7, 11) is 0. The minimum atomic E-state index is -2.49. The molecule has 0 aromatic heterocycles. The third-order valence-corrected chi connectivity index (χ3v) is 30.1. The van der Waals surface area contributed by atoms with Gasteiger partial charge in [0.15, 0.2) is 5.79 Å². The summed E-state index contributed by atoms with van der Waals surface area (Å²) in [5.41, 5.74) is 1.34. The van der Waals surface area contributed by atoms with Crippen LogP contribution in [0.15, 0.2) is 12.2 Å². The van der Waals surface area contributed by atoms with Crippen molar-refractivity contribution in [3.8, 4) is 0 Å². The topological polar surface area (TPSA) is 44.8 Å². The van der Waals surface area contributed by atoms with Gasteiger partial charge in [0.1, 0.15) is 0 Å². The Kier molecular flexibility index (Phi) is 12.3. The van der Waals surface area contributed by atoms with Gasteiger partial charge in [0, 0.05) is 0 Å². The zero-order valence-electron chi connectivity index (χ0n) is 29.0. The molecule has 0 radical (unpaired) electrons. The van der Waals surface area contributed by atoms with Crippen molar-refractivity contribution >= 4 is 46.9 Å². The smallest absolute Gasteiger partial charge is 0.0641 e. The Morgan fingerprint density at radius 3 is 2.07 bits per heavy atom. The quantitative estimate of drug-likeness (QED) is 0.0610. The molecule has 6 heteroatoms. The maximum atomic E-state index is 13.8. The molecule has 0 aromatic rings. The van der Waals surface area contributed by atoms with Crippen LogP contribution in [0.1, 0.15) is 131 Å². The van der Waals surface area contributed by atoms with Gasteiger partial charge in [0.2, 0.25) is 0 Å². The van der Waals surface area contributed by atoms with Crippen molar-refractivity contribution in [1.82, 2.24) is 0 Å². The molecule has 5 fully saturated rings. The molecule has 0 amide bonds. The summed E-state index contributed by atoms with van der Waals surface area (Å²) < 4.78 is 25.1. The molecule has 44 heavy (non-hydrogen) atoms. The molecular weight excluding hydrogens is 766 g/mol. The number of esters is 1. The van der Waals surface area contributed by atoms with Crippen molar-refractivity contribution in [2.45, 2.75) is 164 Å². The van der Waals surface area contributed by atoms with Crippen LogP contribution in [0.2, 0.25) is 17.7 Å². The van der Waals surface area contributed by atoms with Gasteiger partial charge >= 0.3 is 235 Å². The number of ether oxygens (including phenoxy) is 3. The third kappa shape index (κ3) is 7.31. The van der Waals surface area contributed by atoms with Gasteiger partial charge < -0.3 is 9.47 Å². The molecule has 1 spiro atoms. The normalized spacial score (nSPS) is 40.2. The van der Waals surface area contributed by atoms with E-state index < -0.39 is 18.4 Å². The van der Waals surface area contributed by atoms with E-state index in [2.05, 4.69) is 63.8 Å². The monoisotopic (exact) mass is 832 g/mol. The van der Waals surface area contributed by atoms with Crippen LogP contribution in [0.5, 0.6) is 0 Å². The van der Waals surface area contributed by atoms with Crippen molar-refractivity contribution in [3.63, 3.8) is 0 Å². The standard InChI is InChI=1S/C26H38IO4.3C4H9.Sn/c1-16(2)23(28)31-22-8-7-20-19-6-5-17-13-26(29-14-18(27)15-30-26)12-11-24(17,3)21(19)9-10-25(20,22)4;3*1-3-4-2;/h17-22H,1-2,5-15H2,3-4H3;3*1,3-4H2,2H3;/t17?,18?,19-,20-,21-,22-,24-,25-,26?;;;;/m0..../s1. The van der Waals surface area contributed by atoms with Gasteiger partial charge in [-0.3, -0.25) is 0 Å². The predicted octanol–water partition coefficient (Wildman–Crippen LogP) is 10.9. The number of rotatable bonds is 13. The summed E-state index contributed by atoms with van der Waals surface area (Å²) in [6.45, 7) is 18.2. The summed E-state index contributed by atoms with van der Waals surface area (Å²) in [6.07, 6.45) is 18.6. The van der Waals surface area contributed by atoms with Gasteiger partial charge in [-0.15, -0.1) is 0 Å². The Morgan fingerprint density at radius 1 is 0.841 bits per heavy atom. The van der Waals surface area contributed by atoms with Gasteiger partial charge in [0.05, 0.1) is 17.1 Å². The summed E-state index contributed by atoms with van der Waals surface area (Å²) in [6, 6.07) is 0. The Bertz CT molecular complexity index is 972. The molecule has 5 aliphatic rings. The van der Waals surface area contributed by atoms with Crippen LogP contribution >= 0.6 is 22.6 Å². The fourth-order valence-electron chi connectivity index (χ4n) is 11.2. The molecular formula is C38H65IO4Sn. The molecule has 4 nitrogen and oxygen atoms in total. The first-order chi connectivity index (χ1) is 21.0. The van der Waals surface area contributed by atoms with Crippen molar-refractivity contribution in [2.24, 2.45) is 34.5 Å². The van der Waals surface area contributed by atoms with Crippen LogP contribution in [0.3, 0.4) is 0 Å². The summed E-state index contributed by atoms with van der Waals surface area (Å²) >= 11 is -0.0278. The van der Waals surface area contributed by atoms with Crippen LogP contribution in [-0.2, 0) is 19.0 Å². The van der Waals surface area contributed by atoms with Crippen molar-refractivity contribution in [1.29, 1.82) is 0 Å². The van der Waals surface area contributed by atoms with E-state index >= 15 is 0 Å². The van der Waals surface area contributed by atoms with Crippen LogP contribution in [0, 0.1) is 34.5 Å². The zero-order chi connectivity index (χ0) is 31.6. The van der Waals surface area contributed by atoms with E-state index in [0.29, 0.717) is 21.2 Å². The number of fused-ring (bicyclic) bond motifs is 5. The van der Waals surface area contributed by atoms with E-state index in [0.717, 1.165) is 54.3 Å². The van der Waals surface area contributed by atoms with Crippen LogP contribution in [-0.4, -0.2) is 53.4 Å². The van der Waals surface area contributed by atoms with Crippen LogP contribution < -0.4 is 0 Å². The van der Waals surface area contributed by atoms with E-state index in [-0.39, 0.29) is 23.3 Å². The minimum Gasteiger partial charge on any atom is -0.349 e. The average Bonchev–Trinajstić information content (AvgIpc) is 3.35. The average molecular weight is 832 g/mol. The second-order valence-corrected chi connectivity index (χ2v) is 32.2. The van der Waals surface area contributed by atoms with Gasteiger partial charge in [-0.25, -0.2) is 0 Å². The molecule has 4 saturated carbocycles. The van der Waals surface area contributed by atoms with Crippen molar-refractivity contribution in [2.75, 3.05) is 13.2 Å². The Balaban J connectivity index is 1.22. The second kappa shape index (κ2) is 15.0. The molecule has 1 heterocycles. The molecule has 0 N–H and O–H groups in total. The Morgan fingerprint density at radius 2 is 1.45 bits per heavy atom. The Hall–Kier alpha value is 0.659. The summed E-state index contributed by atoms with van der Waals surface area (Å²) in [5.74, 6) is 2.57. The number of unbranched alkanes of at least 4 members (excludes halogenated alkanes) is 3. The second-order valence-electron chi connectivity index (χ2n) is 16.6. The van der Waals surface area contributed by atoms with Crippen molar-refractivity contribution in [3.05, 3.63) is 12.2 Å². The summed E-state index contributed by atoms with van der Waals surface area (Å²) in [5, 5.41) is 0. The number of halogens is 1. The van der Waals surface area contributed by atoms with Crippen LogP contribution in [0.4, 0.5) is 0 Å². The van der Waals surface area contributed by atoms with Gasteiger partial charge in [-0.1, -0.05) is 22.6 Å². The van der Waals surface area contributed by atoms with E-state index in [1.54, 1.807) is 0 Å². The molecule has 1 aliphatic heterocycles.